The maximum atomic E-state index is 4.47. The molecule has 0 spiro atoms. The molecule has 1 fully saturated rings. The summed E-state index contributed by atoms with van der Waals surface area (Å²) in [5.41, 5.74) is 0.700. The molecule has 2 aromatic heterocycles. The molecule has 0 unspecified atom stereocenters. The third-order valence-corrected chi connectivity index (χ3v) is 2.94. The largest absolute Gasteiger partial charge is 0.307 e. The maximum Gasteiger partial charge on any atom is 0.201 e. The van der Waals surface area contributed by atoms with E-state index in [1.165, 1.54) is 12.8 Å². The minimum atomic E-state index is 0.293. The number of rotatable bonds is 2. The molecule has 2 N–H and O–H groups in total. The fourth-order valence-corrected chi connectivity index (χ4v) is 2.04. The van der Waals surface area contributed by atoms with Crippen LogP contribution in [-0.2, 0) is 0 Å². The molecule has 3 rings (SSSR count). The van der Waals surface area contributed by atoms with Crippen LogP contribution < -0.4 is 5.32 Å². The summed E-state index contributed by atoms with van der Waals surface area (Å²) in [4.78, 5) is 12.7. The Morgan fingerprint density at radius 1 is 1.24 bits per heavy atom. The van der Waals surface area contributed by atoms with Crippen molar-refractivity contribution in [3.8, 4) is 11.5 Å². The van der Waals surface area contributed by atoms with Gasteiger partial charge in [0.1, 0.15) is 11.5 Å². The Hall–Kier alpha value is -1.82. The fourth-order valence-electron chi connectivity index (χ4n) is 2.04. The van der Waals surface area contributed by atoms with E-state index in [9.17, 15) is 0 Å². The lowest BCUT2D eigenvalue weighted by molar-refractivity contribution is 0.398. The van der Waals surface area contributed by atoms with Crippen LogP contribution in [0, 0.1) is 0 Å². The van der Waals surface area contributed by atoms with Gasteiger partial charge in [0.15, 0.2) is 0 Å². The summed E-state index contributed by atoms with van der Waals surface area (Å²) in [7, 11) is 0. The molecular formula is C11H14N6. The molecule has 0 aliphatic carbocycles. The summed E-state index contributed by atoms with van der Waals surface area (Å²) in [6.45, 7) is 1.05. The molecule has 1 saturated heterocycles. The van der Waals surface area contributed by atoms with Crippen molar-refractivity contribution in [3.05, 3.63) is 24.4 Å². The summed E-state index contributed by atoms with van der Waals surface area (Å²) in [6.07, 6.45) is 8.53. The Morgan fingerprint density at radius 2 is 2.24 bits per heavy atom. The Labute approximate surface area is 98.9 Å². The predicted octanol–water partition coefficient (Wildman–Crippen LogP) is 1.08. The van der Waals surface area contributed by atoms with E-state index >= 15 is 0 Å². The van der Waals surface area contributed by atoms with E-state index in [4.69, 9.17) is 0 Å². The Balaban J connectivity index is 1.83. The summed E-state index contributed by atoms with van der Waals surface area (Å²) < 4.78 is 0. The number of aromatic nitrogens is 5. The van der Waals surface area contributed by atoms with Gasteiger partial charge in [-0.2, -0.15) is 5.10 Å². The van der Waals surface area contributed by atoms with Gasteiger partial charge in [-0.05, 0) is 19.4 Å². The zero-order valence-corrected chi connectivity index (χ0v) is 9.43. The van der Waals surface area contributed by atoms with Crippen LogP contribution in [0.15, 0.2) is 18.6 Å². The highest BCUT2D eigenvalue weighted by Gasteiger charge is 2.19. The number of piperidine rings is 1. The monoisotopic (exact) mass is 230 g/mol. The normalized spacial score (nSPS) is 20.4. The van der Waals surface area contributed by atoms with Crippen molar-refractivity contribution in [1.82, 2.24) is 30.5 Å². The van der Waals surface area contributed by atoms with Crippen LogP contribution >= 0.6 is 0 Å². The van der Waals surface area contributed by atoms with Crippen molar-refractivity contribution < 1.29 is 0 Å². The summed E-state index contributed by atoms with van der Waals surface area (Å²) in [5.74, 6) is 1.51. The Kier molecular flexibility index (Phi) is 2.79. The number of nitrogens with one attached hydrogen (secondary N) is 2. The van der Waals surface area contributed by atoms with Crippen LogP contribution in [0.2, 0.25) is 0 Å². The molecule has 17 heavy (non-hydrogen) atoms. The third kappa shape index (κ3) is 2.16. The smallest absolute Gasteiger partial charge is 0.201 e. The lowest BCUT2D eigenvalue weighted by Crippen LogP contribution is -2.27. The average molecular weight is 230 g/mol. The zero-order valence-electron chi connectivity index (χ0n) is 9.43. The van der Waals surface area contributed by atoms with Gasteiger partial charge < -0.3 is 5.32 Å². The van der Waals surface area contributed by atoms with E-state index in [-0.39, 0.29) is 0 Å². The van der Waals surface area contributed by atoms with E-state index in [0.29, 0.717) is 17.6 Å². The van der Waals surface area contributed by atoms with Gasteiger partial charge in [-0.25, -0.2) is 9.97 Å². The first kappa shape index (κ1) is 10.3. The molecule has 0 amide bonds. The van der Waals surface area contributed by atoms with Crippen LogP contribution in [0.1, 0.15) is 31.1 Å². The SMILES string of the molecule is c1cnc(-c2n[nH]c([C@@H]3CCCCN3)n2)cn1. The van der Waals surface area contributed by atoms with E-state index in [0.717, 1.165) is 18.8 Å². The van der Waals surface area contributed by atoms with Gasteiger partial charge in [-0.1, -0.05) is 6.42 Å². The van der Waals surface area contributed by atoms with E-state index in [1.807, 2.05) is 0 Å². The van der Waals surface area contributed by atoms with E-state index in [1.54, 1.807) is 18.6 Å². The fraction of sp³-hybridized carbons (Fsp3) is 0.455. The van der Waals surface area contributed by atoms with Gasteiger partial charge in [0, 0.05) is 12.4 Å². The molecule has 0 aromatic carbocycles. The van der Waals surface area contributed by atoms with Gasteiger partial charge in [0.05, 0.1) is 12.2 Å². The average Bonchev–Trinajstić information content (AvgIpc) is 2.90. The van der Waals surface area contributed by atoms with Crippen molar-refractivity contribution in [1.29, 1.82) is 0 Å². The van der Waals surface area contributed by atoms with Gasteiger partial charge in [0.25, 0.3) is 0 Å². The van der Waals surface area contributed by atoms with Gasteiger partial charge in [0.2, 0.25) is 5.82 Å². The van der Waals surface area contributed by atoms with Crippen LogP contribution in [-0.4, -0.2) is 31.7 Å². The van der Waals surface area contributed by atoms with Gasteiger partial charge in [-0.15, -0.1) is 0 Å². The van der Waals surface area contributed by atoms with Crippen LogP contribution in [0.4, 0.5) is 0 Å². The maximum absolute atomic E-state index is 4.47. The van der Waals surface area contributed by atoms with Gasteiger partial charge >= 0.3 is 0 Å². The van der Waals surface area contributed by atoms with E-state index < -0.39 is 0 Å². The molecule has 1 aliphatic rings. The minimum absolute atomic E-state index is 0.293. The molecule has 0 bridgehead atoms. The summed E-state index contributed by atoms with van der Waals surface area (Å²) >= 11 is 0. The molecule has 0 saturated carbocycles. The first-order valence-electron chi connectivity index (χ1n) is 5.85. The number of H-pyrrole nitrogens is 1. The van der Waals surface area contributed by atoms with Crippen LogP contribution in [0.25, 0.3) is 11.5 Å². The lowest BCUT2D eigenvalue weighted by atomic mass is 10.0. The number of aromatic amines is 1. The second-order valence-corrected chi connectivity index (χ2v) is 4.14. The second kappa shape index (κ2) is 4.58. The number of hydrogen-bond acceptors (Lipinski definition) is 5. The standard InChI is InChI=1S/C11H14N6/c1-2-4-13-8(3-1)10-15-11(17-16-10)9-7-12-5-6-14-9/h5-8,13H,1-4H2,(H,15,16,17)/t8-/m0/s1. The van der Waals surface area contributed by atoms with Crippen LogP contribution in [0.3, 0.4) is 0 Å². The van der Waals surface area contributed by atoms with Crippen molar-refractivity contribution >= 4 is 0 Å². The Morgan fingerprint density at radius 3 is 3.00 bits per heavy atom. The Bertz CT molecular complexity index is 474. The highest BCUT2D eigenvalue weighted by atomic mass is 15.2. The number of hydrogen-bond donors (Lipinski definition) is 2. The molecule has 88 valence electrons. The summed E-state index contributed by atoms with van der Waals surface area (Å²) in [6, 6.07) is 0.293. The first-order chi connectivity index (χ1) is 8.43. The summed E-state index contributed by atoms with van der Waals surface area (Å²) in [5, 5.41) is 10.6. The molecule has 6 nitrogen and oxygen atoms in total. The lowest BCUT2D eigenvalue weighted by Gasteiger charge is -2.20. The third-order valence-electron chi connectivity index (χ3n) is 2.94. The molecule has 2 aromatic rings. The number of nitrogens with zero attached hydrogens (tertiary/aromatic N) is 4. The molecule has 3 heterocycles. The molecule has 6 heteroatoms. The molecule has 0 radical (unpaired) electrons. The zero-order chi connectivity index (χ0) is 11.5. The first-order valence-corrected chi connectivity index (χ1v) is 5.85. The van der Waals surface area contributed by atoms with Crippen molar-refractivity contribution in [2.75, 3.05) is 6.54 Å². The molecule has 1 aliphatic heterocycles. The van der Waals surface area contributed by atoms with Crippen LogP contribution in [0.5, 0.6) is 0 Å². The second-order valence-electron chi connectivity index (χ2n) is 4.14. The predicted molar refractivity (Wildman–Crippen MR) is 62.0 cm³/mol. The highest BCUT2D eigenvalue weighted by Crippen LogP contribution is 2.21. The topological polar surface area (TPSA) is 79.4 Å². The molecular weight excluding hydrogens is 216 g/mol. The minimum Gasteiger partial charge on any atom is -0.307 e. The quantitative estimate of drug-likeness (QED) is 0.807. The van der Waals surface area contributed by atoms with Crippen molar-refractivity contribution in [2.24, 2.45) is 0 Å². The highest BCUT2D eigenvalue weighted by molar-refractivity contribution is 5.45. The van der Waals surface area contributed by atoms with E-state index in [2.05, 4.69) is 30.5 Å². The molecule has 1 atom stereocenters. The van der Waals surface area contributed by atoms with Crippen molar-refractivity contribution in [2.45, 2.75) is 25.3 Å². The van der Waals surface area contributed by atoms with Crippen molar-refractivity contribution in [3.63, 3.8) is 0 Å². The van der Waals surface area contributed by atoms with Gasteiger partial charge in [-0.3, -0.25) is 10.1 Å².